The van der Waals surface area contributed by atoms with Crippen LogP contribution in [-0.2, 0) is 14.3 Å². The molecule has 0 bridgehead atoms. The van der Waals surface area contributed by atoms with Crippen LogP contribution in [0.15, 0.2) is 5.10 Å². The summed E-state index contributed by atoms with van der Waals surface area (Å²) in [5, 5.41) is 5.63. The highest BCUT2D eigenvalue weighted by Gasteiger charge is 2.36. The molecule has 1 aliphatic carbocycles. The molecular weight excluding hydrogens is 308 g/mol. The van der Waals surface area contributed by atoms with E-state index >= 15 is 0 Å². The van der Waals surface area contributed by atoms with Crippen molar-refractivity contribution in [1.82, 2.24) is 5.01 Å². The summed E-state index contributed by atoms with van der Waals surface area (Å²) >= 11 is 0. The topological polar surface area (TPSA) is 76.0 Å². The van der Waals surface area contributed by atoms with Crippen molar-refractivity contribution in [2.45, 2.75) is 72.8 Å². The van der Waals surface area contributed by atoms with E-state index in [0.29, 0.717) is 37.9 Å². The summed E-state index contributed by atoms with van der Waals surface area (Å²) in [6, 6.07) is 0. The van der Waals surface area contributed by atoms with Crippen molar-refractivity contribution in [1.29, 1.82) is 0 Å². The molecule has 1 rings (SSSR count). The predicted octanol–water partition coefficient (Wildman–Crippen LogP) is 3.58. The van der Waals surface area contributed by atoms with Gasteiger partial charge in [0.05, 0.1) is 5.71 Å². The van der Waals surface area contributed by atoms with Gasteiger partial charge in [-0.05, 0) is 40.0 Å². The normalized spacial score (nSPS) is 20.4. The molecule has 0 saturated heterocycles. The molecule has 6 heteroatoms. The van der Waals surface area contributed by atoms with Crippen LogP contribution in [0.2, 0.25) is 0 Å². The second-order valence-corrected chi connectivity index (χ2v) is 7.50. The SMILES string of the molecule is CCCN(/N=C1\CCCC(=O)C1C(=O)C(C)C)C(=O)OC(C)(C)C. The van der Waals surface area contributed by atoms with Crippen LogP contribution in [0.25, 0.3) is 0 Å². The van der Waals surface area contributed by atoms with Crippen LogP contribution in [0.3, 0.4) is 0 Å². The van der Waals surface area contributed by atoms with E-state index in [9.17, 15) is 14.4 Å². The maximum absolute atomic E-state index is 12.4. The number of carbonyl (C=O) groups excluding carboxylic acids is 3. The van der Waals surface area contributed by atoms with Gasteiger partial charge in [0, 0.05) is 18.9 Å². The van der Waals surface area contributed by atoms with Crippen molar-refractivity contribution < 1.29 is 19.1 Å². The van der Waals surface area contributed by atoms with Gasteiger partial charge in [-0.25, -0.2) is 4.79 Å². The Hall–Kier alpha value is -1.72. The Labute approximate surface area is 144 Å². The molecular formula is C18H30N2O4. The number of ketones is 2. The first-order chi connectivity index (χ1) is 11.1. The lowest BCUT2D eigenvalue weighted by Crippen LogP contribution is -2.41. The highest BCUT2D eigenvalue weighted by molar-refractivity contribution is 6.22. The van der Waals surface area contributed by atoms with Crippen LogP contribution in [0.4, 0.5) is 4.79 Å². The minimum atomic E-state index is -0.819. The highest BCUT2D eigenvalue weighted by atomic mass is 16.6. The molecule has 1 atom stereocenters. The molecule has 1 saturated carbocycles. The van der Waals surface area contributed by atoms with Gasteiger partial charge in [-0.2, -0.15) is 10.1 Å². The number of ether oxygens (including phenoxy) is 1. The standard InChI is InChI=1S/C18H30N2O4/c1-7-11-20(17(23)24-18(4,5)6)19-13-9-8-10-14(21)15(13)16(22)12(2)3/h12,15H,7-11H2,1-6H3/b19-13+. The number of hydrogen-bond donors (Lipinski definition) is 0. The van der Waals surface area contributed by atoms with Crippen molar-refractivity contribution >= 4 is 23.4 Å². The Kier molecular flexibility index (Phi) is 7.11. The summed E-state index contributed by atoms with van der Waals surface area (Å²) in [5.41, 5.74) is -0.136. The Bertz CT molecular complexity index is 518. The van der Waals surface area contributed by atoms with Gasteiger partial charge in [-0.3, -0.25) is 9.59 Å². The third kappa shape index (κ3) is 5.73. The molecule has 0 aromatic heterocycles. The number of carbonyl (C=O) groups is 3. The summed E-state index contributed by atoms with van der Waals surface area (Å²) < 4.78 is 5.37. The fourth-order valence-electron chi connectivity index (χ4n) is 2.55. The fourth-order valence-corrected chi connectivity index (χ4v) is 2.55. The van der Waals surface area contributed by atoms with Crippen LogP contribution in [0.5, 0.6) is 0 Å². The third-order valence-corrected chi connectivity index (χ3v) is 3.65. The molecule has 0 radical (unpaired) electrons. The fraction of sp³-hybridized carbons (Fsp3) is 0.778. The molecule has 1 unspecified atom stereocenters. The van der Waals surface area contributed by atoms with E-state index in [-0.39, 0.29) is 17.5 Å². The number of nitrogens with zero attached hydrogens (tertiary/aromatic N) is 2. The second-order valence-electron chi connectivity index (χ2n) is 7.50. The molecule has 0 heterocycles. The lowest BCUT2D eigenvalue weighted by atomic mass is 9.80. The zero-order valence-electron chi connectivity index (χ0n) is 15.7. The summed E-state index contributed by atoms with van der Waals surface area (Å²) in [5.74, 6) is -1.29. The second kappa shape index (κ2) is 8.40. The summed E-state index contributed by atoms with van der Waals surface area (Å²) in [6.07, 6.45) is 1.76. The first kappa shape index (κ1) is 20.3. The van der Waals surface area contributed by atoms with E-state index in [2.05, 4.69) is 5.10 Å². The van der Waals surface area contributed by atoms with Gasteiger partial charge in [0.2, 0.25) is 0 Å². The van der Waals surface area contributed by atoms with E-state index < -0.39 is 17.6 Å². The lowest BCUT2D eigenvalue weighted by molar-refractivity contribution is -0.132. The number of rotatable bonds is 5. The Balaban J connectivity index is 3.10. The first-order valence-corrected chi connectivity index (χ1v) is 8.71. The van der Waals surface area contributed by atoms with Crippen LogP contribution in [-0.4, -0.2) is 40.5 Å². The molecule has 0 aromatic rings. The number of hydrazone groups is 1. The van der Waals surface area contributed by atoms with Crippen LogP contribution >= 0.6 is 0 Å². The minimum absolute atomic E-state index is 0.0978. The zero-order chi connectivity index (χ0) is 18.5. The Morgan fingerprint density at radius 1 is 1.29 bits per heavy atom. The van der Waals surface area contributed by atoms with Gasteiger partial charge in [-0.1, -0.05) is 20.8 Å². The van der Waals surface area contributed by atoms with Gasteiger partial charge in [0.15, 0.2) is 5.78 Å². The summed E-state index contributed by atoms with van der Waals surface area (Å²) in [4.78, 5) is 37.0. The molecule has 1 aliphatic rings. The molecule has 0 spiro atoms. The number of hydrogen-bond acceptors (Lipinski definition) is 5. The van der Waals surface area contributed by atoms with Crippen LogP contribution < -0.4 is 0 Å². The van der Waals surface area contributed by atoms with E-state index in [1.165, 1.54) is 5.01 Å². The van der Waals surface area contributed by atoms with Gasteiger partial charge in [-0.15, -0.1) is 0 Å². The maximum atomic E-state index is 12.4. The van der Waals surface area contributed by atoms with Gasteiger partial charge < -0.3 is 4.74 Å². The van der Waals surface area contributed by atoms with E-state index in [0.717, 1.165) is 0 Å². The molecule has 136 valence electrons. The molecule has 0 aromatic carbocycles. The Morgan fingerprint density at radius 2 is 1.92 bits per heavy atom. The molecule has 0 N–H and O–H groups in total. The van der Waals surface area contributed by atoms with Crippen LogP contribution in [0, 0.1) is 11.8 Å². The molecule has 1 amide bonds. The minimum Gasteiger partial charge on any atom is -0.442 e. The Morgan fingerprint density at radius 3 is 2.42 bits per heavy atom. The quantitative estimate of drug-likeness (QED) is 0.567. The number of Topliss-reactive ketones (excluding diaryl/α,β-unsaturated/α-hetero) is 2. The van der Waals surface area contributed by atoms with Crippen molar-refractivity contribution in [3.63, 3.8) is 0 Å². The van der Waals surface area contributed by atoms with Crippen molar-refractivity contribution in [3.05, 3.63) is 0 Å². The van der Waals surface area contributed by atoms with Crippen molar-refractivity contribution in [2.24, 2.45) is 16.9 Å². The lowest BCUT2D eigenvalue weighted by Gasteiger charge is -2.28. The van der Waals surface area contributed by atoms with Gasteiger partial charge >= 0.3 is 6.09 Å². The molecule has 24 heavy (non-hydrogen) atoms. The average molecular weight is 338 g/mol. The molecule has 6 nitrogen and oxygen atoms in total. The van der Waals surface area contributed by atoms with Crippen molar-refractivity contribution in [2.75, 3.05) is 6.54 Å². The third-order valence-electron chi connectivity index (χ3n) is 3.65. The van der Waals surface area contributed by atoms with E-state index in [4.69, 9.17) is 4.74 Å². The predicted molar refractivity (Wildman–Crippen MR) is 92.9 cm³/mol. The first-order valence-electron chi connectivity index (χ1n) is 8.71. The largest absolute Gasteiger partial charge is 0.442 e. The summed E-state index contributed by atoms with van der Waals surface area (Å²) in [7, 11) is 0. The molecule has 0 aliphatic heterocycles. The summed E-state index contributed by atoms with van der Waals surface area (Å²) in [6.45, 7) is 11.2. The van der Waals surface area contributed by atoms with Crippen molar-refractivity contribution in [3.8, 4) is 0 Å². The zero-order valence-corrected chi connectivity index (χ0v) is 15.7. The average Bonchev–Trinajstić information content (AvgIpc) is 2.44. The van der Waals surface area contributed by atoms with Crippen LogP contribution in [0.1, 0.15) is 67.2 Å². The number of amides is 1. The van der Waals surface area contributed by atoms with Gasteiger partial charge in [0.1, 0.15) is 17.3 Å². The molecule has 1 fully saturated rings. The highest BCUT2D eigenvalue weighted by Crippen LogP contribution is 2.23. The smallest absolute Gasteiger partial charge is 0.430 e. The van der Waals surface area contributed by atoms with E-state index in [1.807, 2.05) is 6.92 Å². The monoisotopic (exact) mass is 338 g/mol. The van der Waals surface area contributed by atoms with Gasteiger partial charge in [0.25, 0.3) is 0 Å². The maximum Gasteiger partial charge on any atom is 0.430 e. The van der Waals surface area contributed by atoms with E-state index in [1.54, 1.807) is 34.6 Å².